The molecule has 53 heavy (non-hydrogen) atoms. The van der Waals surface area contributed by atoms with Crippen LogP contribution in [0.5, 0.6) is 0 Å². The van der Waals surface area contributed by atoms with E-state index in [1.807, 2.05) is 0 Å². The van der Waals surface area contributed by atoms with Gasteiger partial charge in [0.2, 0.25) is 0 Å². The largest absolute Gasteiger partial charge is 0.480 e. The van der Waals surface area contributed by atoms with Gasteiger partial charge in [-0.25, -0.2) is 4.57 Å². The van der Waals surface area contributed by atoms with Crippen molar-refractivity contribution < 1.29 is 42.7 Å². The lowest BCUT2D eigenvalue weighted by molar-refractivity contribution is -0.154. The number of hydrogen-bond donors (Lipinski definition) is 3. The van der Waals surface area contributed by atoms with Gasteiger partial charge in [-0.15, -0.1) is 0 Å². The van der Waals surface area contributed by atoms with E-state index in [2.05, 4.69) is 38.2 Å². The summed E-state index contributed by atoms with van der Waals surface area (Å²) < 4.78 is 33.3. The molecule has 0 aromatic carbocycles. The lowest BCUT2D eigenvalue weighted by Gasteiger charge is -2.20. The van der Waals surface area contributed by atoms with E-state index in [9.17, 15) is 19.0 Å². The average Bonchev–Trinajstić information content (AvgIpc) is 3.13. The Balaban J connectivity index is 4.24. The quantitative estimate of drug-likeness (QED) is 0.0237. The topological polar surface area (TPSA) is 155 Å². The number of carbonyl (C=O) groups excluding carboxylic acids is 1. The van der Waals surface area contributed by atoms with Crippen LogP contribution in [0.3, 0.4) is 0 Å². The van der Waals surface area contributed by atoms with Gasteiger partial charge >= 0.3 is 19.8 Å². The van der Waals surface area contributed by atoms with Crippen molar-refractivity contribution in [2.24, 2.45) is 5.73 Å². The third-order valence-electron chi connectivity index (χ3n) is 9.23. The molecule has 312 valence electrons. The summed E-state index contributed by atoms with van der Waals surface area (Å²) in [5, 5.41) is 8.88. The molecule has 4 N–H and O–H groups in total. The monoisotopic (exact) mass is 774 g/mol. The fraction of sp³-hybridized carbons (Fsp3) is 0.857. The molecule has 0 bridgehead atoms. The van der Waals surface area contributed by atoms with Crippen molar-refractivity contribution in [3.8, 4) is 0 Å². The molecule has 0 spiro atoms. The first-order valence-electron chi connectivity index (χ1n) is 21.4. The van der Waals surface area contributed by atoms with Crippen molar-refractivity contribution >= 4 is 19.8 Å². The third kappa shape index (κ3) is 38.5. The van der Waals surface area contributed by atoms with E-state index in [0.29, 0.717) is 13.0 Å². The molecule has 0 aromatic heterocycles. The molecule has 0 aliphatic rings. The number of aliphatic carboxylic acids is 1. The van der Waals surface area contributed by atoms with Gasteiger partial charge in [0, 0.05) is 13.0 Å². The molecule has 0 radical (unpaired) electrons. The van der Waals surface area contributed by atoms with Crippen LogP contribution in [-0.2, 0) is 32.7 Å². The number of unbranched alkanes of at least 4 members (excludes halogenated alkanes) is 23. The van der Waals surface area contributed by atoms with E-state index >= 15 is 0 Å². The molecular weight excluding hydrogens is 693 g/mol. The van der Waals surface area contributed by atoms with Crippen molar-refractivity contribution in [2.75, 3.05) is 26.4 Å². The number of allylic oxidation sites excluding steroid dienone is 4. The number of esters is 1. The second-order valence-corrected chi connectivity index (χ2v) is 15.9. The molecule has 0 rings (SSSR count). The Bertz CT molecular complexity index is 946. The Labute approximate surface area is 324 Å². The van der Waals surface area contributed by atoms with E-state index in [1.54, 1.807) is 0 Å². The molecule has 0 fully saturated rings. The number of carboxylic acids is 1. The molecule has 3 atom stereocenters. The molecule has 10 nitrogen and oxygen atoms in total. The summed E-state index contributed by atoms with van der Waals surface area (Å²) in [7, 11) is -4.61. The lowest BCUT2D eigenvalue weighted by Crippen LogP contribution is -2.34. The molecule has 0 aliphatic heterocycles. The maximum Gasteiger partial charge on any atom is 0.472 e. The van der Waals surface area contributed by atoms with Gasteiger partial charge in [0.15, 0.2) is 0 Å². The molecule has 0 amide bonds. The van der Waals surface area contributed by atoms with Crippen LogP contribution >= 0.6 is 7.82 Å². The van der Waals surface area contributed by atoms with Crippen LogP contribution in [0.2, 0.25) is 0 Å². The number of hydrogen-bond acceptors (Lipinski definition) is 8. The van der Waals surface area contributed by atoms with Gasteiger partial charge in [-0.05, 0) is 44.9 Å². The summed E-state index contributed by atoms with van der Waals surface area (Å²) in [5.41, 5.74) is 5.35. The zero-order chi connectivity index (χ0) is 39.1. The number of carbonyl (C=O) groups is 2. The average molecular weight is 774 g/mol. The minimum atomic E-state index is -4.61. The fourth-order valence-electron chi connectivity index (χ4n) is 5.87. The van der Waals surface area contributed by atoms with Crippen molar-refractivity contribution in [1.29, 1.82) is 0 Å². The molecule has 0 aliphatic carbocycles. The minimum absolute atomic E-state index is 0.0175. The van der Waals surface area contributed by atoms with Gasteiger partial charge in [0.05, 0.1) is 19.8 Å². The summed E-state index contributed by atoms with van der Waals surface area (Å²) in [6.07, 6.45) is 40.8. The highest BCUT2D eigenvalue weighted by Gasteiger charge is 2.27. The van der Waals surface area contributed by atoms with Crippen molar-refractivity contribution in [3.63, 3.8) is 0 Å². The Morgan fingerprint density at radius 2 is 1.04 bits per heavy atom. The normalized spacial score (nSPS) is 14.2. The number of phosphoric ester groups is 1. The Morgan fingerprint density at radius 3 is 1.55 bits per heavy atom. The first-order chi connectivity index (χ1) is 25.7. The molecule has 0 saturated carbocycles. The zero-order valence-electron chi connectivity index (χ0n) is 33.9. The highest BCUT2D eigenvalue weighted by atomic mass is 31.2. The SMILES string of the molecule is CCCCCC/C=C\C/C=C\CCCCCCCCCC(=O)OC(COCCCCCCCCCCCCCCC)COP(=O)(O)OCC(N)C(=O)O. The van der Waals surface area contributed by atoms with Crippen LogP contribution in [-0.4, -0.2) is 60.5 Å². The van der Waals surface area contributed by atoms with E-state index < -0.39 is 45.1 Å². The highest BCUT2D eigenvalue weighted by molar-refractivity contribution is 7.47. The van der Waals surface area contributed by atoms with Crippen LogP contribution in [0.15, 0.2) is 24.3 Å². The van der Waals surface area contributed by atoms with Crippen LogP contribution in [0.4, 0.5) is 0 Å². The predicted octanol–water partition coefficient (Wildman–Crippen LogP) is 11.5. The lowest BCUT2D eigenvalue weighted by atomic mass is 10.0. The number of ether oxygens (including phenoxy) is 2. The van der Waals surface area contributed by atoms with Crippen molar-refractivity contribution in [3.05, 3.63) is 24.3 Å². The molecule has 0 aromatic rings. The van der Waals surface area contributed by atoms with E-state index in [1.165, 1.54) is 116 Å². The van der Waals surface area contributed by atoms with Gasteiger partial charge in [0.1, 0.15) is 12.1 Å². The van der Waals surface area contributed by atoms with Crippen molar-refractivity contribution in [1.82, 2.24) is 0 Å². The van der Waals surface area contributed by atoms with Gasteiger partial charge in [-0.2, -0.15) is 0 Å². The van der Waals surface area contributed by atoms with Gasteiger partial charge < -0.3 is 25.2 Å². The summed E-state index contributed by atoms with van der Waals surface area (Å²) >= 11 is 0. The summed E-state index contributed by atoms with van der Waals surface area (Å²) in [5.74, 6) is -1.78. The van der Waals surface area contributed by atoms with Crippen LogP contribution in [0, 0.1) is 0 Å². The van der Waals surface area contributed by atoms with Gasteiger partial charge in [0.25, 0.3) is 0 Å². The molecule has 3 unspecified atom stereocenters. The summed E-state index contributed by atoms with van der Waals surface area (Å²) in [6, 6.07) is -1.47. The second-order valence-electron chi connectivity index (χ2n) is 14.5. The standard InChI is InChI=1S/C42H80NO9P/c1-3-5-7-9-11-13-15-17-18-19-20-21-22-24-26-28-30-32-34-41(44)52-39(37-50-53(47,48)51-38-40(43)42(45)46)36-49-35-33-31-29-27-25-23-16-14-12-10-8-6-4-2/h13,15,18-19,39-40H,3-12,14,16-17,20-38,43H2,1-2H3,(H,45,46)(H,47,48)/b15-13-,19-18-. The van der Waals surface area contributed by atoms with E-state index in [0.717, 1.165) is 51.4 Å². The Hall–Kier alpha value is -1.55. The van der Waals surface area contributed by atoms with Crippen LogP contribution in [0.1, 0.15) is 194 Å². The fourth-order valence-corrected chi connectivity index (χ4v) is 6.65. The Morgan fingerprint density at radius 1 is 0.604 bits per heavy atom. The van der Waals surface area contributed by atoms with Crippen LogP contribution in [0.25, 0.3) is 0 Å². The molecule has 0 heterocycles. The Kier molecular flexibility index (Phi) is 37.6. The van der Waals surface area contributed by atoms with Gasteiger partial charge in [-0.3, -0.25) is 18.6 Å². The summed E-state index contributed by atoms with van der Waals surface area (Å²) in [4.78, 5) is 33.5. The zero-order valence-corrected chi connectivity index (χ0v) is 34.8. The maximum absolute atomic E-state index is 12.6. The van der Waals surface area contributed by atoms with Crippen LogP contribution < -0.4 is 5.73 Å². The van der Waals surface area contributed by atoms with E-state index in [-0.39, 0.29) is 13.0 Å². The smallest absolute Gasteiger partial charge is 0.472 e. The second kappa shape index (κ2) is 38.7. The number of rotatable bonds is 41. The number of carboxylic acid groups (broad SMARTS) is 1. The van der Waals surface area contributed by atoms with Crippen molar-refractivity contribution in [2.45, 2.75) is 206 Å². The third-order valence-corrected chi connectivity index (χ3v) is 10.2. The first kappa shape index (κ1) is 51.5. The summed E-state index contributed by atoms with van der Waals surface area (Å²) in [6.45, 7) is 3.87. The number of nitrogens with two attached hydrogens (primary N) is 1. The minimum Gasteiger partial charge on any atom is -0.480 e. The first-order valence-corrected chi connectivity index (χ1v) is 22.9. The molecule has 11 heteroatoms. The van der Waals surface area contributed by atoms with E-state index in [4.69, 9.17) is 29.4 Å². The molecular formula is C42H80NO9P. The maximum atomic E-state index is 12.6. The molecule has 0 saturated heterocycles. The number of phosphoric acid groups is 1. The highest BCUT2D eigenvalue weighted by Crippen LogP contribution is 2.43. The van der Waals surface area contributed by atoms with Gasteiger partial charge in [-0.1, -0.05) is 167 Å². The predicted molar refractivity (Wildman–Crippen MR) is 217 cm³/mol.